The fourth-order valence-corrected chi connectivity index (χ4v) is 6.10. The standard InChI is InChI=1S/C32H43N7O2/c1-6-22-16-24(40)9-11-25(22)23-8-10-26-27(17-23)35-36-29(26)19-34-30-20-39(21(2)3)31(18-28(30)33-4)32(41)38-13-7-12-37(5)14-15-38/h8-11,16-17,21,31,34,40H,4,6-7,12-15,18-20H2,1-3,5H3,(H,35,36)/t31-/m0/s1. The summed E-state index contributed by atoms with van der Waals surface area (Å²) in [5.41, 5.74) is 7.05. The molecule has 2 aromatic carbocycles. The number of likely N-dealkylation sites (N-methyl/N-ethyl adjacent to an activating group) is 1. The van der Waals surface area contributed by atoms with Crippen LogP contribution in [0.3, 0.4) is 0 Å². The lowest BCUT2D eigenvalue weighted by Crippen LogP contribution is -2.55. The van der Waals surface area contributed by atoms with Crippen LogP contribution in [0.4, 0.5) is 0 Å². The smallest absolute Gasteiger partial charge is 0.240 e. The zero-order valence-corrected chi connectivity index (χ0v) is 24.8. The molecule has 9 nitrogen and oxygen atoms in total. The summed E-state index contributed by atoms with van der Waals surface area (Å²) in [6, 6.07) is 11.8. The van der Waals surface area contributed by atoms with Gasteiger partial charge >= 0.3 is 0 Å². The number of aromatic amines is 1. The molecule has 2 aliphatic rings. The number of carbonyl (C=O) groups is 1. The van der Waals surface area contributed by atoms with E-state index < -0.39 is 0 Å². The molecule has 0 radical (unpaired) electrons. The minimum absolute atomic E-state index is 0.197. The van der Waals surface area contributed by atoms with E-state index in [0.29, 0.717) is 19.5 Å². The van der Waals surface area contributed by atoms with Crippen LogP contribution in [0.1, 0.15) is 44.9 Å². The maximum Gasteiger partial charge on any atom is 0.240 e. The molecule has 0 bridgehead atoms. The van der Waals surface area contributed by atoms with E-state index in [0.717, 1.165) is 83.7 Å². The number of aliphatic imine (C=N–C) groups is 1. The van der Waals surface area contributed by atoms with Crippen LogP contribution in [0.5, 0.6) is 5.75 Å². The lowest BCUT2D eigenvalue weighted by Gasteiger charge is -2.41. The lowest BCUT2D eigenvalue weighted by atomic mass is 9.97. The van der Waals surface area contributed by atoms with Gasteiger partial charge in [-0.3, -0.25) is 19.8 Å². The van der Waals surface area contributed by atoms with Gasteiger partial charge in [-0.2, -0.15) is 5.10 Å². The molecule has 41 heavy (non-hydrogen) atoms. The van der Waals surface area contributed by atoms with Crippen LogP contribution in [0.25, 0.3) is 22.0 Å². The summed E-state index contributed by atoms with van der Waals surface area (Å²) >= 11 is 0. The van der Waals surface area contributed by atoms with E-state index in [1.54, 1.807) is 6.07 Å². The molecule has 1 saturated heterocycles. The molecule has 3 heterocycles. The minimum Gasteiger partial charge on any atom is -0.508 e. The first-order chi connectivity index (χ1) is 19.8. The van der Waals surface area contributed by atoms with Crippen LogP contribution in [-0.2, 0) is 17.8 Å². The molecule has 0 unspecified atom stereocenters. The Balaban J connectivity index is 1.33. The van der Waals surface area contributed by atoms with Gasteiger partial charge in [-0.25, -0.2) is 0 Å². The first-order valence-electron chi connectivity index (χ1n) is 14.7. The zero-order valence-electron chi connectivity index (χ0n) is 24.8. The molecular weight excluding hydrogens is 514 g/mol. The van der Waals surface area contributed by atoms with Crippen molar-refractivity contribution in [3.8, 4) is 16.9 Å². The van der Waals surface area contributed by atoms with Crippen LogP contribution in [0.2, 0.25) is 0 Å². The Morgan fingerprint density at radius 3 is 2.78 bits per heavy atom. The number of phenolic OH excluding ortho intramolecular Hbond substituents is 1. The molecular formula is C32H43N7O2. The minimum atomic E-state index is -0.234. The summed E-state index contributed by atoms with van der Waals surface area (Å²) in [6.45, 7) is 14.9. The monoisotopic (exact) mass is 557 g/mol. The van der Waals surface area contributed by atoms with Gasteiger partial charge in [0.05, 0.1) is 29.5 Å². The number of aromatic nitrogens is 2. The van der Waals surface area contributed by atoms with Gasteiger partial charge in [0, 0.05) is 49.7 Å². The molecule has 5 rings (SSSR count). The van der Waals surface area contributed by atoms with Crippen molar-refractivity contribution >= 4 is 23.5 Å². The number of aryl methyl sites for hydroxylation is 1. The number of nitrogens with zero attached hydrogens (tertiary/aromatic N) is 5. The maximum atomic E-state index is 13.7. The third-order valence-electron chi connectivity index (χ3n) is 8.54. The van der Waals surface area contributed by atoms with Gasteiger partial charge in [-0.05, 0) is 81.9 Å². The number of phenols is 1. The molecule has 2 aliphatic heterocycles. The quantitative estimate of drug-likeness (QED) is 0.360. The Bertz CT molecular complexity index is 1440. The summed E-state index contributed by atoms with van der Waals surface area (Å²) in [5.74, 6) is 0.483. The first kappa shape index (κ1) is 28.8. The summed E-state index contributed by atoms with van der Waals surface area (Å²) in [6.07, 6.45) is 2.38. The Kier molecular flexibility index (Phi) is 8.75. The second kappa shape index (κ2) is 12.4. The number of amides is 1. The molecule has 3 aromatic rings. The molecule has 1 aromatic heterocycles. The average Bonchev–Trinajstić information content (AvgIpc) is 3.25. The zero-order chi connectivity index (χ0) is 29.1. The number of fused-ring (bicyclic) bond motifs is 1. The molecule has 3 N–H and O–H groups in total. The Morgan fingerprint density at radius 1 is 1.20 bits per heavy atom. The topological polar surface area (TPSA) is 100 Å². The Morgan fingerprint density at radius 2 is 2.02 bits per heavy atom. The maximum absolute atomic E-state index is 13.7. The van der Waals surface area contributed by atoms with Crippen LogP contribution in [0, 0.1) is 0 Å². The van der Waals surface area contributed by atoms with Crippen molar-refractivity contribution in [3.05, 3.63) is 59.0 Å². The first-order valence-corrected chi connectivity index (χ1v) is 14.7. The van der Waals surface area contributed by atoms with Gasteiger partial charge in [0.2, 0.25) is 5.91 Å². The van der Waals surface area contributed by atoms with Gasteiger partial charge in [0.1, 0.15) is 5.75 Å². The lowest BCUT2D eigenvalue weighted by molar-refractivity contribution is -0.137. The number of rotatable bonds is 8. The third kappa shape index (κ3) is 6.16. The fourth-order valence-electron chi connectivity index (χ4n) is 6.10. The van der Waals surface area contributed by atoms with Gasteiger partial charge in [0.25, 0.3) is 0 Å². The Hall–Kier alpha value is -3.69. The molecule has 9 heteroatoms. The van der Waals surface area contributed by atoms with E-state index in [9.17, 15) is 9.90 Å². The average molecular weight is 558 g/mol. The van der Waals surface area contributed by atoms with Gasteiger partial charge in [0.15, 0.2) is 0 Å². The summed E-state index contributed by atoms with van der Waals surface area (Å²) in [7, 11) is 2.12. The predicted molar refractivity (Wildman–Crippen MR) is 165 cm³/mol. The van der Waals surface area contributed by atoms with Crippen molar-refractivity contribution in [1.82, 2.24) is 30.2 Å². The molecule has 0 saturated carbocycles. The summed E-state index contributed by atoms with van der Waals surface area (Å²) in [5, 5.41) is 22.4. The number of benzene rings is 2. The summed E-state index contributed by atoms with van der Waals surface area (Å²) in [4.78, 5) is 24.7. The highest BCUT2D eigenvalue weighted by Gasteiger charge is 2.37. The van der Waals surface area contributed by atoms with Crippen LogP contribution in [-0.4, -0.2) is 94.5 Å². The number of H-pyrrole nitrogens is 1. The molecule has 218 valence electrons. The van der Waals surface area contributed by atoms with E-state index >= 15 is 0 Å². The second-order valence-electron chi connectivity index (χ2n) is 11.5. The highest BCUT2D eigenvalue weighted by atomic mass is 16.3. The number of aromatic hydroxyl groups is 1. The van der Waals surface area contributed by atoms with Crippen LogP contribution in [0.15, 0.2) is 52.8 Å². The number of carbonyl (C=O) groups excluding carboxylic acids is 1. The van der Waals surface area contributed by atoms with E-state index in [1.165, 1.54) is 0 Å². The molecule has 0 aliphatic carbocycles. The van der Waals surface area contributed by atoms with Crippen molar-refractivity contribution in [2.75, 3.05) is 39.8 Å². The highest BCUT2D eigenvalue weighted by Crippen LogP contribution is 2.31. The normalized spacial score (nSPS) is 19.1. The van der Waals surface area contributed by atoms with Crippen molar-refractivity contribution in [2.24, 2.45) is 4.99 Å². The predicted octanol–water partition coefficient (Wildman–Crippen LogP) is 4.15. The largest absolute Gasteiger partial charge is 0.508 e. The van der Waals surface area contributed by atoms with Gasteiger partial charge < -0.3 is 20.2 Å². The number of nitrogens with one attached hydrogen (secondary N) is 2. The van der Waals surface area contributed by atoms with Gasteiger partial charge in [-0.15, -0.1) is 0 Å². The van der Waals surface area contributed by atoms with E-state index in [4.69, 9.17) is 0 Å². The van der Waals surface area contributed by atoms with Gasteiger partial charge in [-0.1, -0.05) is 25.1 Å². The molecule has 1 fully saturated rings. The van der Waals surface area contributed by atoms with Crippen molar-refractivity contribution in [1.29, 1.82) is 0 Å². The molecule has 1 atom stereocenters. The van der Waals surface area contributed by atoms with E-state index in [1.807, 2.05) is 17.0 Å². The van der Waals surface area contributed by atoms with Crippen LogP contribution >= 0.6 is 0 Å². The van der Waals surface area contributed by atoms with Crippen molar-refractivity contribution in [3.63, 3.8) is 0 Å². The van der Waals surface area contributed by atoms with E-state index in [2.05, 4.69) is 83.0 Å². The fraction of sp³-hybridized carbons (Fsp3) is 0.469. The second-order valence-corrected chi connectivity index (χ2v) is 11.5. The third-order valence-corrected chi connectivity index (χ3v) is 8.54. The van der Waals surface area contributed by atoms with E-state index in [-0.39, 0.29) is 23.7 Å². The summed E-state index contributed by atoms with van der Waals surface area (Å²) < 4.78 is 0. The van der Waals surface area contributed by atoms with Crippen molar-refractivity contribution < 1.29 is 9.90 Å². The molecule has 1 amide bonds. The van der Waals surface area contributed by atoms with Crippen LogP contribution < -0.4 is 5.32 Å². The molecule has 0 spiro atoms. The number of hydrogen-bond acceptors (Lipinski definition) is 7. The van der Waals surface area contributed by atoms with Crippen molar-refractivity contribution in [2.45, 2.75) is 58.7 Å². The highest BCUT2D eigenvalue weighted by molar-refractivity contribution is 5.87. The number of hydrogen-bond donors (Lipinski definition) is 3. The SMILES string of the molecule is C=NC1=C(NCc2n[nH]c3cc(-c4ccc(O)cc4CC)ccc23)CN(C(C)C)[C@H](C(=O)N2CCCN(C)CC2)C1. The Labute approximate surface area is 242 Å².